The van der Waals surface area contributed by atoms with Crippen molar-refractivity contribution in [2.75, 3.05) is 14.2 Å². The first-order valence-electron chi connectivity index (χ1n) is 23.0. The molecule has 2 amide bonds. The molecule has 0 heterocycles. The molecule has 10 nitrogen and oxygen atoms in total. The Bertz CT molecular complexity index is 1540. The van der Waals surface area contributed by atoms with Gasteiger partial charge in [0.05, 0.1) is 13.2 Å². The number of hydrogen-bond donors (Lipinski definition) is 4. The van der Waals surface area contributed by atoms with Crippen LogP contribution in [-0.2, 0) is 41.8 Å². The van der Waals surface area contributed by atoms with Crippen molar-refractivity contribution in [3.05, 3.63) is 71.8 Å². The van der Waals surface area contributed by atoms with Crippen LogP contribution in [0.3, 0.4) is 0 Å². The van der Waals surface area contributed by atoms with Gasteiger partial charge in [0.1, 0.15) is 6.29 Å². The van der Waals surface area contributed by atoms with Crippen LogP contribution in [0, 0.1) is 57.2 Å². The van der Waals surface area contributed by atoms with E-state index in [9.17, 15) is 14.4 Å². The number of carbonyl (C=O) groups is 4. The monoisotopic (exact) mass is 870 g/mol. The van der Waals surface area contributed by atoms with E-state index < -0.39 is 0 Å². The van der Waals surface area contributed by atoms with Gasteiger partial charge in [-0.3, -0.25) is 14.4 Å². The van der Waals surface area contributed by atoms with Crippen LogP contribution in [0.4, 0.5) is 4.53 Å². The van der Waals surface area contributed by atoms with Gasteiger partial charge in [-0.1, -0.05) is 102 Å². The Hall–Kier alpha value is -3.67. The molecular formula is C51H84FN3O7. The fourth-order valence-electron chi connectivity index (χ4n) is 13.2. The number of allylic oxidation sites excluding steroid dienone is 5. The second-order valence-corrected chi connectivity index (χ2v) is 18.7. The number of aryl methyl sites for hydroxylation is 1. The summed E-state index contributed by atoms with van der Waals surface area (Å²) in [7, 11) is 2.65. The Morgan fingerprint density at radius 2 is 1.48 bits per heavy atom. The van der Waals surface area contributed by atoms with Gasteiger partial charge in [-0.15, -0.1) is 6.58 Å². The third kappa shape index (κ3) is 14.2. The maximum atomic E-state index is 11.1. The van der Waals surface area contributed by atoms with E-state index in [0.29, 0.717) is 28.6 Å². The van der Waals surface area contributed by atoms with Crippen LogP contribution in [-0.4, -0.2) is 50.9 Å². The molecule has 0 spiro atoms. The third-order valence-corrected chi connectivity index (χ3v) is 15.5. The van der Waals surface area contributed by atoms with Gasteiger partial charge in [0, 0.05) is 13.0 Å². The van der Waals surface area contributed by atoms with Crippen LogP contribution in [0.1, 0.15) is 143 Å². The lowest BCUT2D eigenvalue weighted by atomic mass is 9.36. The number of carbonyl (C=O) groups excluding carboxylic acids is 4. The molecule has 0 aromatic heterocycles. The van der Waals surface area contributed by atoms with Crippen LogP contribution >= 0.6 is 0 Å². The van der Waals surface area contributed by atoms with Crippen LogP contribution in [0.2, 0.25) is 0 Å². The fourth-order valence-corrected chi connectivity index (χ4v) is 13.2. The number of aliphatic hydroxyl groups is 1. The SMILES string of the molecule is C=CC.CC.CC1(C)C(O)CCC2(C)C1CCC1(C)C3CCC4(CCc5cccc(CC6=CCC(C=O)C=C6)c5)CCCC4C3CCC12.CNOF.COC=O.NC=O.NC=O. The van der Waals surface area contributed by atoms with E-state index in [1.54, 1.807) is 11.6 Å². The number of halogens is 1. The summed E-state index contributed by atoms with van der Waals surface area (Å²) in [5.74, 6) is 4.35. The van der Waals surface area contributed by atoms with Gasteiger partial charge >= 0.3 is 0 Å². The number of aldehydes is 1. The van der Waals surface area contributed by atoms with E-state index in [1.807, 2.05) is 20.8 Å². The molecule has 1 aromatic carbocycles. The van der Waals surface area contributed by atoms with Crippen molar-refractivity contribution in [3.63, 3.8) is 0 Å². The Kier molecular flexibility index (Phi) is 25.6. The average molecular weight is 870 g/mol. The molecule has 11 heteroatoms. The topological polar surface area (TPSA) is 171 Å². The molecule has 7 rings (SSSR count). The highest BCUT2D eigenvalue weighted by Gasteiger charge is 2.66. The number of nitrogens with one attached hydrogen (secondary N) is 1. The molecule has 0 bridgehead atoms. The molecule has 10 unspecified atom stereocenters. The lowest BCUT2D eigenvalue weighted by molar-refractivity contribution is -0.214. The minimum absolute atomic E-state index is 0.0547. The van der Waals surface area contributed by atoms with Crippen LogP contribution in [0.5, 0.6) is 0 Å². The van der Waals surface area contributed by atoms with E-state index in [2.05, 4.69) is 98.0 Å². The van der Waals surface area contributed by atoms with Crippen LogP contribution in [0.15, 0.2) is 60.7 Å². The number of aliphatic hydroxyl groups excluding tert-OH is 1. The van der Waals surface area contributed by atoms with Crippen molar-refractivity contribution < 1.29 is 38.6 Å². The van der Waals surface area contributed by atoms with Crippen LogP contribution in [0.25, 0.3) is 0 Å². The zero-order chi connectivity index (χ0) is 47.0. The predicted octanol–water partition coefficient (Wildman–Crippen LogP) is 9.92. The Balaban J connectivity index is 0.000000868. The number of rotatable bonds is 8. The summed E-state index contributed by atoms with van der Waals surface area (Å²) in [6, 6.07) is 9.41. The fraction of sp³-hybridized carbons (Fsp3) is 0.686. The highest BCUT2D eigenvalue weighted by atomic mass is 19.3. The van der Waals surface area contributed by atoms with E-state index >= 15 is 0 Å². The predicted molar refractivity (Wildman–Crippen MR) is 249 cm³/mol. The van der Waals surface area contributed by atoms with Gasteiger partial charge in [0.25, 0.3) is 6.47 Å². The Morgan fingerprint density at radius 1 is 0.887 bits per heavy atom. The molecule has 1 aromatic rings. The van der Waals surface area contributed by atoms with Crippen molar-refractivity contribution in [1.29, 1.82) is 0 Å². The Morgan fingerprint density at radius 3 is 2.03 bits per heavy atom. The lowest BCUT2D eigenvalue weighted by Gasteiger charge is -2.69. The number of hydroxylamine groups is 1. The second kappa shape index (κ2) is 28.2. The lowest BCUT2D eigenvalue weighted by Crippen LogP contribution is -2.63. The molecule has 6 aliphatic rings. The van der Waals surface area contributed by atoms with E-state index in [1.165, 1.54) is 108 Å². The molecule has 6 N–H and O–H groups in total. The zero-order valence-corrected chi connectivity index (χ0v) is 39.7. The van der Waals surface area contributed by atoms with Gasteiger partial charge in [-0.05, 0) is 169 Å². The molecule has 10 atom stereocenters. The molecule has 62 heavy (non-hydrogen) atoms. The Labute approximate surface area is 374 Å². The summed E-state index contributed by atoms with van der Waals surface area (Å²) in [6.07, 6.45) is 29.3. The summed E-state index contributed by atoms with van der Waals surface area (Å²) in [5, 5.41) is 13.8. The van der Waals surface area contributed by atoms with Crippen molar-refractivity contribution in [2.45, 2.75) is 151 Å². The average Bonchev–Trinajstić information content (AvgIpc) is 3.71. The largest absolute Gasteiger partial charge is 0.471 e. The number of hydrogen-bond acceptors (Lipinski definition) is 8. The molecule has 6 aliphatic carbocycles. The molecule has 5 fully saturated rings. The van der Waals surface area contributed by atoms with Crippen molar-refractivity contribution in [1.82, 2.24) is 5.48 Å². The minimum Gasteiger partial charge on any atom is -0.471 e. The van der Waals surface area contributed by atoms with Gasteiger partial charge in [-0.2, -0.15) is 5.48 Å². The molecule has 0 saturated heterocycles. The number of benzene rings is 1. The number of ether oxygens (including phenoxy) is 1. The first-order valence-corrected chi connectivity index (χ1v) is 23.0. The molecule has 0 radical (unpaired) electrons. The van der Waals surface area contributed by atoms with Gasteiger partial charge < -0.3 is 26.1 Å². The highest BCUT2D eigenvalue weighted by Crippen LogP contribution is 2.73. The number of fused-ring (bicyclic) bond motifs is 7. The van der Waals surface area contributed by atoms with Crippen molar-refractivity contribution in [2.24, 2.45) is 68.6 Å². The molecular weight excluding hydrogens is 786 g/mol. The van der Waals surface area contributed by atoms with Crippen molar-refractivity contribution in [3.8, 4) is 0 Å². The third-order valence-electron chi connectivity index (χ3n) is 15.5. The first-order chi connectivity index (χ1) is 29.7. The number of nitrogens with two attached hydrogens (primary N) is 2. The van der Waals surface area contributed by atoms with Crippen molar-refractivity contribution >= 4 is 25.6 Å². The maximum Gasteiger partial charge on any atom is 0.292 e. The van der Waals surface area contributed by atoms with E-state index in [-0.39, 0.29) is 30.3 Å². The molecule has 0 aliphatic heterocycles. The summed E-state index contributed by atoms with van der Waals surface area (Å²) in [6.45, 7) is 19.8. The molecule has 5 saturated carbocycles. The summed E-state index contributed by atoms with van der Waals surface area (Å²) < 4.78 is 14.0. The van der Waals surface area contributed by atoms with E-state index in [4.69, 9.17) is 14.4 Å². The zero-order valence-electron chi connectivity index (χ0n) is 39.7. The molecule has 352 valence electrons. The summed E-state index contributed by atoms with van der Waals surface area (Å²) in [4.78, 5) is 37.2. The number of primary amides is 2. The maximum absolute atomic E-state index is 11.1. The smallest absolute Gasteiger partial charge is 0.292 e. The first kappa shape index (κ1) is 56.3. The minimum atomic E-state index is -0.127. The number of methoxy groups -OCH3 is 1. The quantitative estimate of drug-likeness (QED) is 0.114. The summed E-state index contributed by atoms with van der Waals surface area (Å²) in [5.41, 5.74) is 15.9. The highest BCUT2D eigenvalue weighted by molar-refractivity contribution is 5.58. The van der Waals surface area contributed by atoms with Gasteiger partial charge in [0.15, 0.2) is 0 Å². The standard InChI is InChI=1S/C41H58O2.C3H6.C2H4O2.C2H6.CH4FNO.2CH3NO/c1-38(2)35-18-21-39(3)33-17-24-41(20-6-9-34(41)32(33)14-15-36(39)40(35,4)22-19-37(38)43)23-16-28-7-5-8-31(25-28)26-29-10-12-30(27-42)13-11-29;1-3-2;1-4-2-3;1-2;1-3-4-2;2*2-1-3/h5,7-8,10-12,25,27,30,32-37,43H,6,9,13-24,26H2,1-4H3;3H,1H2,2H3;2H,1H3;1-2H3;3H,1H3;2*1H,(H2,2,3). The second-order valence-electron chi connectivity index (χ2n) is 18.7. The summed E-state index contributed by atoms with van der Waals surface area (Å²) >= 11 is 0. The van der Waals surface area contributed by atoms with E-state index in [0.717, 1.165) is 49.2 Å². The van der Waals surface area contributed by atoms with Gasteiger partial charge in [0.2, 0.25) is 12.8 Å². The number of amides is 2. The van der Waals surface area contributed by atoms with Crippen LogP contribution < -0.4 is 16.9 Å². The van der Waals surface area contributed by atoms with Gasteiger partial charge in [-0.25, -0.2) is 0 Å². The normalized spacial score (nSPS) is 32.6.